The van der Waals surface area contributed by atoms with E-state index < -0.39 is 0 Å². The summed E-state index contributed by atoms with van der Waals surface area (Å²) < 4.78 is 0.575. The van der Waals surface area contributed by atoms with Gasteiger partial charge in [0.25, 0.3) is 5.91 Å². The van der Waals surface area contributed by atoms with E-state index in [1.54, 1.807) is 0 Å². The number of aromatic nitrogens is 1. The summed E-state index contributed by atoms with van der Waals surface area (Å²) in [6, 6.07) is 7.63. The molecule has 1 heterocycles. The first-order valence-corrected chi connectivity index (χ1v) is 7.51. The minimum absolute atomic E-state index is 0.251. The molecule has 0 unspecified atom stereocenters. The van der Waals surface area contributed by atoms with Gasteiger partial charge in [0.15, 0.2) is 10.8 Å². The van der Waals surface area contributed by atoms with E-state index in [4.69, 9.17) is 0 Å². The van der Waals surface area contributed by atoms with E-state index in [1.807, 2.05) is 24.3 Å². The van der Waals surface area contributed by atoms with Crippen molar-refractivity contribution in [3.63, 3.8) is 0 Å². The third-order valence-corrected chi connectivity index (χ3v) is 4.21. The topological polar surface area (TPSA) is 71.1 Å². The van der Waals surface area contributed by atoms with E-state index in [1.165, 1.54) is 11.3 Å². The highest BCUT2D eigenvalue weighted by Crippen LogP contribution is 2.28. The van der Waals surface area contributed by atoms with Crippen molar-refractivity contribution in [1.82, 2.24) is 4.98 Å². The molecule has 0 spiro atoms. The molecular weight excluding hydrogens is 342 g/mol. The van der Waals surface area contributed by atoms with Gasteiger partial charge in [-0.25, -0.2) is 4.98 Å². The number of aryl methyl sites for hydroxylation is 1. The molecule has 1 aromatic heterocycles. The minimum Gasteiger partial charge on any atom is -0.321 e. The highest BCUT2D eigenvalue weighted by Gasteiger charge is 2.16. The summed E-state index contributed by atoms with van der Waals surface area (Å²) in [6.45, 7) is 2.05. The zero-order valence-corrected chi connectivity index (χ0v) is 13.0. The van der Waals surface area contributed by atoms with Crippen molar-refractivity contribution in [2.75, 3.05) is 10.6 Å². The van der Waals surface area contributed by atoms with E-state index >= 15 is 0 Å². The maximum absolute atomic E-state index is 12.1. The molecule has 20 heavy (non-hydrogen) atoms. The summed E-state index contributed by atoms with van der Waals surface area (Å²) in [7, 11) is 0. The van der Waals surface area contributed by atoms with Crippen LogP contribution in [0.2, 0.25) is 0 Å². The van der Waals surface area contributed by atoms with Crippen molar-refractivity contribution >= 4 is 50.4 Å². The van der Waals surface area contributed by atoms with Crippen LogP contribution in [0.15, 0.2) is 28.1 Å². The van der Waals surface area contributed by atoms with Crippen LogP contribution in [0.5, 0.6) is 0 Å². The van der Waals surface area contributed by atoms with Crippen molar-refractivity contribution in [2.45, 2.75) is 13.3 Å². The second-order valence-corrected chi connectivity index (χ2v) is 6.23. The van der Waals surface area contributed by atoms with Crippen LogP contribution in [0.1, 0.15) is 23.0 Å². The number of carbonyl (C=O) groups excluding carboxylic acids is 2. The van der Waals surface area contributed by atoms with Gasteiger partial charge in [-0.1, -0.05) is 30.4 Å². The van der Waals surface area contributed by atoms with Crippen molar-refractivity contribution in [3.8, 4) is 0 Å². The van der Waals surface area contributed by atoms with Gasteiger partial charge in [-0.2, -0.15) is 0 Å². The molecule has 0 atom stereocenters. The molecule has 0 bridgehead atoms. The van der Waals surface area contributed by atoms with Crippen molar-refractivity contribution in [2.24, 2.45) is 0 Å². The molecule has 0 fully saturated rings. The number of hydrogen-bond donors (Lipinski definition) is 2. The first kappa shape index (κ1) is 14.7. The lowest BCUT2D eigenvalue weighted by molar-refractivity contribution is -0.105. The largest absolute Gasteiger partial charge is 0.321 e. The van der Waals surface area contributed by atoms with Gasteiger partial charge in [0.05, 0.1) is 0 Å². The molecular formula is C13H12BrN3O2S. The highest BCUT2D eigenvalue weighted by molar-refractivity contribution is 9.11. The SMILES string of the molecule is CCc1cccc(NC(=O)c2nc(NC=O)sc2Br)c1. The van der Waals surface area contributed by atoms with Crippen LogP contribution in [0.25, 0.3) is 0 Å². The Balaban J connectivity index is 2.16. The Morgan fingerprint density at radius 2 is 2.30 bits per heavy atom. The predicted octanol–water partition coefficient (Wildman–Crippen LogP) is 3.29. The number of rotatable bonds is 5. The van der Waals surface area contributed by atoms with Gasteiger partial charge in [0, 0.05) is 5.69 Å². The molecule has 0 aliphatic rings. The lowest BCUT2D eigenvalue weighted by atomic mass is 10.1. The zero-order valence-electron chi connectivity index (χ0n) is 10.6. The van der Waals surface area contributed by atoms with Crippen LogP contribution < -0.4 is 10.6 Å². The zero-order chi connectivity index (χ0) is 14.5. The van der Waals surface area contributed by atoms with Gasteiger partial charge < -0.3 is 10.6 Å². The molecule has 0 radical (unpaired) electrons. The molecule has 0 aliphatic heterocycles. The van der Waals surface area contributed by atoms with E-state index in [0.717, 1.165) is 17.7 Å². The van der Waals surface area contributed by atoms with Gasteiger partial charge in [0.1, 0.15) is 3.79 Å². The lowest BCUT2D eigenvalue weighted by Crippen LogP contribution is -2.13. The van der Waals surface area contributed by atoms with E-state index in [9.17, 15) is 9.59 Å². The lowest BCUT2D eigenvalue weighted by Gasteiger charge is -2.05. The maximum atomic E-state index is 12.1. The molecule has 1 aromatic carbocycles. The van der Waals surface area contributed by atoms with Gasteiger partial charge in [-0.05, 0) is 40.0 Å². The van der Waals surface area contributed by atoms with Gasteiger partial charge in [-0.3, -0.25) is 9.59 Å². The summed E-state index contributed by atoms with van der Waals surface area (Å²) in [4.78, 5) is 26.6. The monoisotopic (exact) mass is 353 g/mol. The second kappa shape index (κ2) is 6.62. The fourth-order valence-corrected chi connectivity index (χ4v) is 2.99. The Hall–Kier alpha value is -1.73. The Labute approximate surface area is 128 Å². The Kier molecular flexibility index (Phi) is 4.86. The third kappa shape index (κ3) is 3.43. The number of halogens is 1. The van der Waals surface area contributed by atoms with E-state index in [2.05, 4.69) is 38.5 Å². The van der Waals surface area contributed by atoms with Gasteiger partial charge in [0.2, 0.25) is 6.41 Å². The normalized spacial score (nSPS) is 10.1. The molecule has 5 nitrogen and oxygen atoms in total. The summed E-state index contributed by atoms with van der Waals surface area (Å²) in [5.41, 5.74) is 2.11. The first-order valence-electron chi connectivity index (χ1n) is 5.90. The third-order valence-electron chi connectivity index (χ3n) is 2.58. The Bertz CT molecular complexity index is 642. The number of nitrogens with one attached hydrogen (secondary N) is 2. The average Bonchev–Trinajstić information content (AvgIpc) is 2.80. The molecule has 0 saturated heterocycles. The first-order chi connectivity index (χ1) is 9.63. The van der Waals surface area contributed by atoms with Gasteiger partial charge >= 0.3 is 0 Å². The standard InChI is InChI=1S/C13H12BrN3O2S/c1-2-8-4-3-5-9(6-8)16-12(19)10-11(14)20-13(17-10)15-7-18/h3-7H,2H2,1H3,(H,16,19)(H,15,17,18). The van der Waals surface area contributed by atoms with Crippen LogP contribution in [-0.4, -0.2) is 17.3 Å². The fraction of sp³-hybridized carbons (Fsp3) is 0.154. The number of thiazole rings is 1. The maximum Gasteiger partial charge on any atom is 0.276 e. The number of hydrogen-bond acceptors (Lipinski definition) is 4. The highest BCUT2D eigenvalue weighted by atomic mass is 79.9. The molecule has 0 aliphatic carbocycles. The van der Waals surface area contributed by atoms with Crippen molar-refractivity contribution < 1.29 is 9.59 Å². The molecule has 2 aromatic rings. The van der Waals surface area contributed by atoms with E-state index in [0.29, 0.717) is 15.3 Å². The fourth-order valence-electron chi connectivity index (χ4n) is 1.61. The van der Waals surface area contributed by atoms with Crippen molar-refractivity contribution in [3.05, 3.63) is 39.3 Å². The predicted molar refractivity (Wildman–Crippen MR) is 83.3 cm³/mol. The molecule has 2 N–H and O–H groups in total. The van der Waals surface area contributed by atoms with E-state index in [-0.39, 0.29) is 11.6 Å². The van der Waals surface area contributed by atoms with Crippen LogP contribution in [0.4, 0.5) is 10.8 Å². The number of carbonyl (C=O) groups is 2. The summed E-state index contributed by atoms with van der Waals surface area (Å²) in [5, 5.41) is 5.59. The van der Waals surface area contributed by atoms with Crippen LogP contribution in [0, 0.1) is 0 Å². The number of benzene rings is 1. The van der Waals surface area contributed by atoms with Crippen LogP contribution >= 0.6 is 27.3 Å². The van der Waals surface area contributed by atoms with Crippen LogP contribution in [-0.2, 0) is 11.2 Å². The average molecular weight is 354 g/mol. The smallest absolute Gasteiger partial charge is 0.276 e. The van der Waals surface area contributed by atoms with Gasteiger partial charge in [-0.15, -0.1) is 0 Å². The second-order valence-electron chi connectivity index (χ2n) is 3.91. The molecule has 2 amide bonds. The number of nitrogens with zero attached hydrogens (tertiary/aromatic N) is 1. The number of amides is 2. The molecule has 104 valence electrons. The Morgan fingerprint density at radius 3 is 3.00 bits per heavy atom. The minimum atomic E-state index is -0.319. The van der Waals surface area contributed by atoms with Crippen LogP contribution in [0.3, 0.4) is 0 Å². The quantitative estimate of drug-likeness (QED) is 0.810. The molecule has 2 rings (SSSR count). The number of anilines is 2. The summed E-state index contributed by atoms with van der Waals surface area (Å²) in [5.74, 6) is -0.319. The summed E-state index contributed by atoms with van der Waals surface area (Å²) >= 11 is 4.46. The molecule has 7 heteroatoms. The Morgan fingerprint density at radius 1 is 1.50 bits per heavy atom. The summed E-state index contributed by atoms with van der Waals surface area (Å²) in [6.07, 6.45) is 1.43. The van der Waals surface area contributed by atoms with Crippen molar-refractivity contribution in [1.29, 1.82) is 0 Å². The molecule has 0 saturated carbocycles.